The largest absolute Gasteiger partial charge is 0.382 e. The first-order valence-corrected chi connectivity index (χ1v) is 6.57. The van der Waals surface area contributed by atoms with Crippen LogP contribution in [0.2, 0.25) is 0 Å². The van der Waals surface area contributed by atoms with Gasteiger partial charge in [0.25, 0.3) is 0 Å². The fraction of sp³-hybridized carbons (Fsp3) is 1.00. The Morgan fingerprint density at radius 3 is 2.07 bits per heavy atom. The van der Waals surface area contributed by atoms with Gasteiger partial charge in [0.05, 0.1) is 0 Å². The molecule has 0 aromatic carbocycles. The van der Waals surface area contributed by atoms with E-state index in [2.05, 4.69) is 25.8 Å². The van der Waals surface area contributed by atoms with Gasteiger partial charge in [-0.05, 0) is 39.9 Å². The maximum atomic E-state index is 5.30. The summed E-state index contributed by atoms with van der Waals surface area (Å²) in [4.78, 5) is 2.38. The molecule has 0 aromatic heterocycles. The monoisotopic (exact) mass is 215 g/mol. The minimum Gasteiger partial charge on any atom is -0.382 e. The molecule has 0 aliphatic rings. The molecule has 0 N–H and O–H groups in total. The summed E-state index contributed by atoms with van der Waals surface area (Å²) in [5, 5.41) is 0. The van der Waals surface area contributed by atoms with Crippen LogP contribution >= 0.6 is 0 Å². The summed E-state index contributed by atoms with van der Waals surface area (Å²) >= 11 is 0. The lowest BCUT2D eigenvalue weighted by atomic mass is 10.1. The van der Waals surface area contributed by atoms with Crippen LogP contribution in [0.3, 0.4) is 0 Å². The number of hydrogen-bond acceptors (Lipinski definition) is 2. The molecule has 0 spiro atoms. The van der Waals surface area contributed by atoms with E-state index in [9.17, 15) is 0 Å². The Bertz CT molecular complexity index is 117. The molecule has 0 saturated heterocycles. The SMILES string of the molecule is CCOCCCCCCCCN(C)CC. The average molecular weight is 215 g/mol. The van der Waals surface area contributed by atoms with Crippen molar-refractivity contribution in [2.24, 2.45) is 0 Å². The molecule has 0 rings (SSSR count). The van der Waals surface area contributed by atoms with Gasteiger partial charge in [-0.3, -0.25) is 0 Å². The molecule has 0 aliphatic heterocycles. The minimum absolute atomic E-state index is 0.864. The zero-order valence-corrected chi connectivity index (χ0v) is 10.9. The van der Waals surface area contributed by atoms with Crippen molar-refractivity contribution >= 4 is 0 Å². The van der Waals surface area contributed by atoms with Crippen LogP contribution in [0, 0.1) is 0 Å². The van der Waals surface area contributed by atoms with Gasteiger partial charge in [0.1, 0.15) is 0 Å². The minimum atomic E-state index is 0.864. The molecular weight excluding hydrogens is 186 g/mol. The molecule has 0 saturated carbocycles. The van der Waals surface area contributed by atoms with Gasteiger partial charge >= 0.3 is 0 Å². The van der Waals surface area contributed by atoms with Gasteiger partial charge in [-0.1, -0.05) is 32.6 Å². The van der Waals surface area contributed by atoms with Crippen LogP contribution in [-0.2, 0) is 4.74 Å². The lowest BCUT2D eigenvalue weighted by Gasteiger charge is -2.12. The third-order valence-electron chi connectivity index (χ3n) is 2.82. The Morgan fingerprint density at radius 2 is 1.47 bits per heavy atom. The van der Waals surface area contributed by atoms with E-state index < -0.39 is 0 Å². The Labute approximate surface area is 96.0 Å². The number of hydrogen-bond donors (Lipinski definition) is 0. The van der Waals surface area contributed by atoms with Gasteiger partial charge in [0.15, 0.2) is 0 Å². The van der Waals surface area contributed by atoms with Crippen molar-refractivity contribution in [3.05, 3.63) is 0 Å². The van der Waals surface area contributed by atoms with E-state index in [4.69, 9.17) is 4.74 Å². The number of ether oxygens (including phenoxy) is 1. The van der Waals surface area contributed by atoms with Crippen molar-refractivity contribution in [3.8, 4) is 0 Å². The molecule has 0 aliphatic carbocycles. The predicted octanol–water partition coefficient (Wildman–Crippen LogP) is 3.32. The van der Waals surface area contributed by atoms with Gasteiger partial charge in [0, 0.05) is 13.2 Å². The molecule has 2 heteroatoms. The molecule has 0 heterocycles. The molecule has 15 heavy (non-hydrogen) atoms. The molecule has 0 bridgehead atoms. The van der Waals surface area contributed by atoms with Crippen LogP contribution in [0.4, 0.5) is 0 Å². The standard InChI is InChI=1S/C13H29NO/c1-4-14(3)12-10-8-6-7-9-11-13-15-5-2/h4-13H2,1-3H3. The van der Waals surface area contributed by atoms with Gasteiger partial charge in [-0.2, -0.15) is 0 Å². The third-order valence-corrected chi connectivity index (χ3v) is 2.82. The summed E-state index contributed by atoms with van der Waals surface area (Å²) in [6, 6.07) is 0. The Kier molecular flexibility index (Phi) is 11.9. The molecule has 0 atom stereocenters. The second-order valence-corrected chi connectivity index (χ2v) is 4.21. The van der Waals surface area contributed by atoms with Gasteiger partial charge in [-0.15, -0.1) is 0 Å². The first-order valence-electron chi connectivity index (χ1n) is 6.57. The van der Waals surface area contributed by atoms with E-state index in [0.717, 1.165) is 13.2 Å². The van der Waals surface area contributed by atoms with Crippen LogP contribution in [-0.4, -0.2) is 38.3 Å². The number of nitrogens with zero attached hydrogens (tertiary/aromatic N) is 1. The highest BCUT2D eigenvalue weighted by atomic mass is 16.5. The van der Waals surface area contributed by atoms with Crippen LogP contribution in [0.1, 0.15) is 52.4 Å². The molecule has 0 unspecified atom stereocenters. The Hall–Kier alpha value is -0.0800. The quantitative estimate of drug-likeness (QED) is 0.490. The average Bonchev–Trinajstić information content (AvgIpc) is 2.26. The highest BCUT2D eigenvalue weighted by Crippen LogP contribution is 2.05. The van der Waals surface area contributed by atoms with Crippen LogP contribution in [0.15, 0.2) is 0 Å². The summed E-state index contributed by atoms with van der Waals surface area (Å²) in [7, 11) is 2.20. The summed E-state index contributed by atoms with van der Waals surface area (Å²) in [6.45, 7) is 8.53. The van der Waals surface area contributed by atoms with E-state index in [1.165, 1.54) is 51.6 Å². The van der Waals surface area contributed by atoms with Crippen LogP contribution < -0.4 is 0 Å². The zero-order chi connectivity index (χ0) is 11.4. The van der Waals surface area contributed by atoms with E-state index >= 15 is 0 Å². The fourth-order valence-electron chi connectivity index (χ4n) is 1.60. The third kappa shape index (κ3) is 11.8. The van der Waals surface area contributed by atoms with Gasteiger partial charge in [-0.25, -0.2) is 0 Å². The fourth-order valence-corrected chi connectivity index (χ4v) is 1.60. The number of unbranched alkanes of at least 4 members (excludes halogenated alkanes) is 5. The van der Waals surface area contributed by atoms with E-state index in [1.807, 2.05) is 0 Å². The lowest BCUT2D eigenvalue weighted by molar-refractivity contribution is 0.143. The first-order chi connectivity index (χ1) is 7.31. The number of rotatable bonds is 11. The van der Waals surface area contributed by atoms with Crippen molar-refractivity contribution in [2.45, 2.75) is 52.4 Å². The molecule has 0 radical (unpaired) electrons. The highest BCUT2D eigenvalue weighted by Gasteiger charge is 1.94. The second-order valence-electron chi connectivity index (χ2n) is 4.21. The zero-order valence-electron chi connectivity index (χ0n) is 10.9. The van der Waals surface area contributed by atoms with Crippen molar-refractivity contribution in [1.29, 1.82) is 0 Å². The smallest absolute Gasteiger partial charge is 0.0465 e. The summed E-state index contributed by atoms with van der Waals surface area (Å²) in [5.74, 6) is 0. The van der Waals surface area contributed by atoms with Crippen molar-refractivity contribution in [1.82, 2.24) is 4.90 Å². The van der Waals surface area contributed by atoms with E-state index in [-0.39, 0.29) is 0 Å². The van der Waals surface area contributed by atoms with Gasteiger partial charge < -0.3 is 9.64 Å². The Morgan fingerprint density at radius 1 is 0.867 bits per heavy atom. The maximum absolute atomic E-state index is 5.30. The lowest BCUT2D eigenvalue weighted by Crippen LogP contribution is -2.18. The van der Waals surface area contributed by atoms with Crippen molar-refractivity contribution < 1.29 is 4.74 Å². The Balaban J connectivity index is 2.92. The maximum Gasteiger partial charge on any atom is 0.0465 e. The summed E-state index contributed by atoms with van der Waals surface area (Å²) < 4.78 is 5.30. The van der Waals surface area contributed by atoms with Gasteiger partial charge in [0.2, 0.25) is 0 Å². The molecule has 0 fully saturated rings. The highest BCUT2D eigenvalue weighted by molar-refractivity contribution is 4.50. The van der Waals surface area contributed by atoms with E-state index in [0.29, 0.717) is 0 Å². The molecule has 0 aromatic rings. The van der Waals surface area contributed by atoms with Crippen LogP contribution in [0.5, 0.6) is 0 Å². The van der Waals surface area contributed by atoms with Crippen molar-refractivity contribution in [2.75, 3.05) is 33.4 Å². The van der Waals surface area contributed by atoms with Crippen LogP contribution in [0.25, 0.3) is 0 Å². The molecule has 0 amide bonds. The molecule has 92 valence electrons. The molecular formula is C13H29NO. The predicted molar refractivity (Wildman–Crippen MR) is 67.4 cm³/mol. The second kappa shape index (κ2) is 12.0. The molecule has 2 nitrogen and oxygen atoms in total. The van der Waals surface area contributed by atoms with E-state index in [1.54, 1.807) is 0 Å². The summed E-state index contributed by atoms with van der Waals surface area (Å²) in [6.07, 6.45) is 8.09. The first kappa shape index (κ1) is 14.9. The summed E-state index contributed by atoms with van der Waals surface area (Å²) in [5.41, 5.74) is 0. The topological polar surface area (TPSA) is 12.5 Å². The van der Waals surface area contributed by atoms with Crippen molar-refractivity contribution in [3.63, 3.8) is 0 Å². The normalized spacial score (nSPS) is 11.2.